The maximum absolute atomic E-state index is 13.8. The summed E-state index contributed by atoms with van der Waals surface area (Å²) in [7, 11) is 0. The van der Waals surface area contributed by atoms with E-state index in [9.17, 15) is 9.18 Å². The van der Waals surface area contributed by atoms with Crippen LogP contribution < -0.4 is 5.73 Å². The van der Waals surface area contributed by atoms with Crippen LogP contribution in [-0.4, -0.2) is 29.7 Å². The van der Waals surface area contributed by atoms with Crippen molar-refractivity contribution in [2.75, 3.05) is 18.8 Å². The van der Waals surface area contributed by atoms with E-state index in [1.165, 1.54) is 11.0 Å². The average Bonchev–Trinajstić information content (AvgIpc) is 2.76. The van der Waals surface area contributed by atoms with E-state index in [0.29, 0.717) is 29.9 Å². The molecule has 108 valence electrons. The van der Waals surface area contributed by atoms with Gasteiger partial charge < -0.3 is 15.4 Å². The summed E-state index contributed by atoms with van der Waals surface area (Å²) in [5.74, 6) is -0.373. The Morgan fingerprint density at radius 3 is 2.70 bits per heavy atom. The second-order valence-corrected chi connectivity index (χ2v) is 5.79. The van der Waals surface area contributed by atoms with Gasteiger partial charge >= 0.3 is 6.09 Å². The Balaban J connectivity index is 2.11. The zero-order chi connectivity index (χ0) is 14.9. The highest BCUT2D eigenvalue weighted by Gasteiger charge is 2.27. The molecule has 0 saturated carbocycles. The molecule has 1 amide bonds. The normalized spacial score (nSPS) is 15.2. The zero-order valence-corrected chi connectivity index (χ0v) is 11.9. The molecule has 0 fully saturated rings. The maximum atomic E-state index is 13.8. The predicted molar refractivity (Wildman–Crippen MR) is 76.6 cm³/mol. The van der Waals surface area contributed by atoms with E-state index in [1.54, 1.807) is 18.2 Å². The molecule has 0 aromatic heterocycles. The fourth-order valence-corrected chi connectivity index (χ4v) is 2.08. The van der Waals surface area contributed by atoms with Gasteiger partial charge in [-0.15, -0.1) is 0 Å². The quantitative estimate of drug-likeness (QED) is 0.803. The smallest absolute Gasteiger partial charge is 0.410 e. The molecule has 0 atom stereocenters. The Morgan fingerprint density at radius 1 is 1.40 bits per heavy atom. The van der Waals surface area contributed by atoms with Crippen molar-refractivity contribution in [2.45, 2.75) is 26.4 Å². The van der Waals surface area contributed by atoms with Crippen molar-refractivity contribution in [3.8, 4) is 0 Å². The van der Waals surface area contributed by atoms with Crippen LogP contribution in [0.5, 0.6) is 0 Å². The van der Waals surface area contributed by atoms with Crippen LogP contribution in [0.25, 0.3) is 5.57 Å². The number of ether oxygens (including phenoxy) is 1. The lowest BCUT2D eigenvalue weighted by Crippen LogP contribution is -2.35. The highest BCUT2D eigenvalue weighted by molar-refractivity contribution is 5.82. The lowest BCUT2D eigenvalue weighted by molar-refractivity contribution is 0.0306. The summed E-state index contributed by atoms with van der Waals surface area (Å²) in [6.45, 7) is 6.14. The Bertz CT molecular complexity index is 541. The molecule has 2 rings (SSSR count). The lowest BCUT2D eigenvalue weighted by atomic mass is 10.0. The molecule has 0 radical (unpaired) electrons. The van der Waals surface area contributed by atoms with E-state index in [0.717, 1.165) is 0 Å². The van der Waals surface area contributed by atoms with Crippen LogP contribution in [0.2, 0.25) is 0 Å². The predicted octanol–water partition coefficient (Wildman–Crippen LogP) is 3.04. The van der Waals surface area contributed by atoms with Gasteiger partial charge in [-0.3, -0.25) is 0 Å². The molecular formula is C15H19FN2O2. The lowest BCUT2D eigenvalue weighted by Gasteiger charge is -2.24. The van der Waals surface area contributed by atoms with Crippen LogP contribution in [-0.2, 0) is 4.74 Å². The van der Waals surface area contributed by atoms with Crippen molar-refractivity contribution >= 4 is 17.4 Å². The number of amides is 1. The van der Waals surface area contributed by atoms with Crippen molar-refractivity contribution in [1.82, 2.24) is 4.90 Å². The number of nitrogens with zero attached hydrogens (tertiary/aromatic N) is 1. The Morgan fingerprint density at radius 2 is 2.10 bits per heavy atom. The number of anilines is 1. The maximum Gasteiger partial charge on any atom is 0.410 e. The van der Waals surface area contributed by atoms with E-state index >= 15 is 0 Å². The van der Waals surface area contributed by atoms with Gasteiger partial charge in [0.05, 0.1) is 0 Å². The third-order valence-electron chi connectivity index (χ3n) is 2.94. The molecule has 0 saturated heterocycles. The number of halogens is 1. The van der Waals surface area contributed by atoms with Gasteiger partial charge in [0.2, 0.25) is 0 Å². The first-order valence-electron chi connectivity index (χ1n) is 6.49. The summed E-state index contributed by atoms with van der Waals surface area (Å²) < 4.78 is 19.1. The zero-order valence-electron chi connectivity index (χ0n) is 11.9. The van der Waals surface area contributed by atoms with Gasteiger partial charge in [-0.25, -0.2) is 9.18 Å². The monoisotopic (exact) mass is 278 g/mol. The second kappa shape index (κ2) is 5.15. The third-order valence-corrected chi connectivity index (χ3v) is 2.94. The van der Waals surface area contributed by atoms with Crippen LogP contribution in [0.15, 0.2) is 24.3 Å². The van der Waals surface area contributed by atoms with E-state index in [-0.39, 0.29) is 5.82 Å². The van der Waals surface area contributed by atoms with Crippen molar-refractivity contribution in [1.29, 1.82) is 0 Å². The highest BCUT2D eigenvalue weighted by atomic mass is 19.1. The molecule has 1 heterocycles. The number of carbonyl (C=O) groups excluding carboxylic acids is 1. The van der Waals surface area contributed by atoms with Crippen LogP contribution >= 0.6 is 0 Å². The van der Waals surface area contributed by atoms with Gasteiger partial charge in [-0.2, -0.15) is 0 Å². The molecule has 4 nitrogen and oxygen atoms in total. The van der Waals surface area contributed by atoms with Crippen molar-refractivity contribution in [3.05, 3.63) is 35.7 Å². The second-order valence-electron chi connectivity index (χ2n) is 5.79. The standard InChI is InChI=1S/C15H19FN2O2/c1-15(2,3)20-14(19)18-8-7-10(9-18)13-11(16)5-4-6-12(13)17/h4-7H,8-9,17H2,1-3H3. The topological polar surface area (TPSA) is 55.6 Å². The Kier molecular flexibility index (Phi) is 3.70. The van der Waals surface area contributed by atoms with Crippen molar-refractivity contribution < 1.29 is 13.9 Å². The molecule has 0 aliphatic carbocycles. The number of carbonyl (C=O) groups is 1. The molecule has 0 unspecified atom stereocenters. The first-order chi connectivity index (χ1) is 9.28. The van der Waals surface area contributed by atoms with E-state index in [4.69, 9.17) is 10.5 Å². The fraction of sp³-hybridized carbons (Fsp3) is 0.400. The van der Waals surface area contributed by atoms with Crippen molar-refractivity contribution in [3.63, 3.8) is 0 Å². The molecule has 1 aliphatic rings. The third kappa shape index (κ3) is 3.10. The molecule has 0 bridgehead atoms. The Labute approximate surface area is 118 Å². The average molecular weight is 278 g/mol. The summed E-state index contributed by atoms with van der Waals surface area (Å²) in [6, 6.07) is 4.58. The van der Waals surface area contributed by atoms with Crippen LogP contribution in [0.4, 0.5) is 14.9 Å². The summed E-state index contributed by atoms with van der Waals surface area (Å²) in [5, 5.41) is 0. The van der Waals surface area contributed by atoms with Crippen LogP contribution in [0, 0.1) is 5.82 Å². The molecule has 5 heteroatoms. The summed E-state index contributed by atoms with van der Waals surface area (Å²) in [6.07, 6.45) is 1.40. The van der Waals surface area contributed by atoms with Crippen LogP contribution in [0.1, 0.15) is 26.3 Å². The molecule has 2 N–H and O–H groups in total. The first kappa shape index (κ1) is 14.4. The number of nitrogens with two attached hydrogens (primary N) is 1. The van der Waals surface area contributed by atoms with Crippen molar-refractivity contribution in [2.24, 2.45) is 0 Å². The SMILES string of the molecule is CC(C)(C)OC(=O)N1CC=C(c2c(N)cccc2F)C1. The van der Waals surface area contributed by atoms with Gasteiger partial charge in [0.25, 0.3) is 0 Å². The summed E-state index contributed by atoms with van der Waals surface area (Å²) >= 11 is 0. The molecule has 20 heavy (non-hydrogen) atoms. The van der Waals surface area contributed by atoms with Gasteiger partial charge in [0.1, 0.15) is 11.4 Å². The minimum Gasteiger partial charge on any atom is -0.444 e. The molecule has 1 aliphatic heterocycles. The minimum absolute atomic E-state index is 0.306. The Hall–Kier alpha value is -2.04. The van der Waals surface area contributed by atoms with E-state index < -0.39 is 11.7 Å². The minimum atomic E-state index is -0.545. The number of hydrogen-bond acceptors (Lipinski definition) is 3. The molecule has 0 spiro atoms. The molecule has 1 aromatic rings. The molecular weight excluding hydrogens is 259 g/mol. The number of nitrogen functional groups attached to an aromatic ring is 1. The van der Waals surface area contributed by atoms with Gasteiger partial charge in [-0.1, -0.05) is 12.1 Å². The molecule has 1 aromatic carbocycles. The first-order valence-corrected chi connectivity index (χ1v) is 6.49. The number of hydrogen-bond donors (Lipinski definition) is 1. The number of benzene rings is 1. The van der Waals surface area contributed by atoms with Gasteiger partial charge in [0, 0.05) is 24.3 Å². The summed E-state index contributed by atoms with van der Waals surface area (Å²) in [4.78, 5) is 13.5. The highest BCUT2D eigenvalue weighted by Crippen LogP contribution is 2.29. The summed E-state index contributed by atoms with van der Waals surface area (Å²) in [5.41, 5.74) is 6.73. The van der Waals surface area contributed by atoms with E-state index in [2.05, 4.69) is 0 Å². The van der Waals surface area contributed by atoms with Gasteiger partial charge in [0.15, 0.2) is 0 Å². The van der Waals surface area contributed by atoms with Crippen LogP contribution in [0.3, 0.4) is 0 Å². The van der Waals surface area contributed by atoms with Gasteiger partial charge in [-0.05, 0) is 38.5 Å². The van der Waals surface area contributed by atoms with E-state index in [1.807, 2.05) is 20.8 Å². The number of rotatable bonds is 1. The largest absolute Gasteiger partial charge is 0.444 e. The fourth-order valence-electron chi connectivity index (χ4n) is 2.08.